The first kappa shape index (κ1) is 22.2. The van der Waals surface area contributed by atoms with Crippen molar-refractivity contribution in [3.8, 4) is 0 Å². The van der Waals surface area contributed by atoms with Crippen LogP contribution in [-0.2, 0) is 14.9 Å². The Bertz CT molecular complexity index is 655. The zero-order chi connectivity index (χ0) is 18.4. The molecule has 1 atom stereocenters. The third-order valence-corrected chi connectivity index (χ3v) is 5.65. The van der Waals surface area contributed by atoms with Gasteiger partial charge in [-0.05, 0) is 30.9 Å². The topological polar surface area (TPSA) is 74.8 Å². The number of piperidine rings is 1. The van der Waals surface area contributed by atoms with Gasteiger partial charge in [0.25, 0.3) is 0 Å². The minimum absolute atomic E-state index is 0. The molecule has 2 aliphatic heterocycles. The van der Waals surface area contributed by atoms with Gasteiger partial charge in [-0.25, -0.2) is 0 Å². The van der Waals surface area contributed by atoms with Gasteiger partial charge in [0.2, 0.25) is 5.91 Å². The van der Waals surface area contributed by atoms with Gasteiger partial charge in [0, 0.05) is 56.3 Å². The smallest absolute Gasteiger partial charge is 0.220 e. The van der Waals surface area contributed by atoms with E-state index in [2.05, 4.69) is 27.0 Å². The summed E-state index contributed by atoms with van der Waals surface area (Å²) in [6.45, 7) is 2.82. The summed E-state index contributed by atoms with van der Waals surface area (Å²) in [6, 6.07) is 8.26. The molecule has 0 spiro atoms. The zero-order valence-corrected chi connectivity index (χ0v) is 18.7. The highest BCUT2D eigenvalue weighted by Gasteiger charge is 2.36. The maximum Gasteiger partial charge on any atom is 0.220 e. The van der Waals surface area contributed by atoms with Gasteiger partial charge in [0.15, 0.2) is 5.96 Å². The van der Waals surface area contributed by atoms with E-state index in [0.717, 1.165) is 55.6 Å². The molecule has 2 aliphatic rings. The van der Waals surface area contributed by atoms with E-state index in [9.17, 15) is 4.79 Å². The Morgan fingerprint density at radius 2 is 2.11 bits per heavy atom. The van der Waals surface area contributed by atoms with Crippen molar-refractivity contribution < 1.29 is 9.53 Å². The lowest BCUT2D eigenvalue weighted by Crippen LogP contribution is -2.54. The Kier molecular flexibility index (Phi) is 8.62. The Morgan fingerprint density at radius 1 is 1.37 bits per heavy atom. The second-order valence-electron chi connectivity index (χ2n) is 6.98. The first-order valence-electron chi connectivity index (χ1n) is 9.20. The van der Waals surface area contributed by atoms with Crippen molar-refractivity contribution in [2.75, 3.05) is 33.4 Å². The van der Waals surface area contributed by atoms with Gasteiger partial charge in [-0.2, -0.15) is 0 Å². The van der Waals surface area contributed by atoms with E-state index >= 15 is 0 Å². The maximum atomic E-state index is 11.3. The van der Waals surface area contributed by atoms with E-state index in [-0.39, 0.29) is 41.3 Å². The molecule has 3 N–H and O–H groups in total. The molecule has 2 heterocycles. The number of hydrogen-bond acceptors (Lipinski definition) is 3. The number of halogens is 2. The summed E-state index contributed by atoms with van der Waals surface area (Å²) < 4.78 is 5.59. The van der Waals surface area contributed by atoms with E-state index in [0.29, 0.717) is 13.0 Å². The van der Waals surface area contributed by atoms with E-state index < -0.39 is 0 Å². The number of amides is 1. The third kappa shape index (κ3) is 5.71. The highest BCUT2D eigenvalue weighted by Crippen LogP contribution is 2.38. The molecule has 2 fully saturated rings. The third-order valence-electron chi connectivity index (χ3n) is 5.32. The van der Waals surface area contributed by atoms with E-state index in [1.807, 2.05) is 18.2 Å². The molecular weight excluding hydrogens is 479 g/mol. The van der Waals surface area contributed by atoms with E-state index in [1.54, 1.807) is 7.05 Å². The summed E-state index contributed by atoms with van der Waals surface area (Å²) in [4.78, 5) is 15.7. The van der Waals surface area contributed by atoms with Crippen LogP contribution in [0.25, 0.3) is 0 Å². The molecule has 1 unspecified atom stereocenters. The van der Waals surface area contributed by atoms with Crippen LogP contribution in [0.2, 0.25) is 5.02 Å². The molecule has 150 valence electrons. The number of guanidine groups is 1. The number of ether oxygens (including phenoxy) is 1. The average Bonchev–Trinajstić information content (AvgIpc) is 2.68. The van der Waals surface area contributed by atoms with Gasteiger partial charge < -0.3 is 20.7 Å². The Balaban J connectivity index is 0.00000261. The molecule has 0 aromatic heterocycles. The molecule has 0 saturated carbocycles. The number of carbonyl (C=O) groups is 1. The van der Waals surface area contributed by atoms with Crippen molar-refractivity contribution in [2.45, 2.75) is 37.1 Å². The number of rotatable bonds is 4. The fourth-order valence-electron chi connectivity index (χ4n) is 3.69. The van der Waals surface area contributed by atoms with Gasteiger partial charge >= 0.3 is 0 Å². The van der Waals surface area contributed by atoms with Gasteiger partial charge in [0.1, 0.15) is 0 Å². The summed E-state index contributed by atoms with van der Waals surface area (Å²) in [5.74, 6) is 0.870. The van der Waals surface area contributed by atoms with Crippen LogP contribution in [0.4, 0.5) is 0 Å². The zero-order valence-electron chi connectivity index (χ0n) is 15.6. The Labute approximate surface area is 182 Å². The van der Waals surface area contributed by atoms with Crippen LogP contribution in [0.15, 0.2) is 29.3 Å². The summed E-state index contributed by atoms with van der Waals surface area (Å²) in [5, 5.41) is 10.6. The number of aliphatic imine (C=N–C) groups is 1. The molecule has 2 saturated heterocycles. The van der Waals surface area contributed by atoms with Crippen molar-refractivity contribution in [1.29, 1.82) is 0 Å². The van der Waals surface area contributed by atoms with E-state index in [4.69, 9.17) is 16.3 Å². The summed E-state index contributed by atoms with van der Waals surface area (Å²) in [5.41, 5.74) is 1.09. The van der Waals surface area contributed by atoms with Gasteiger partial charge in [-0.1, -0.05) is 29.8 Å². The standard InChI is InChI=1S/C19H27ClN4O2.HI/c1-21-18(24-14-6-7-17(25)22-12-14)23-13-19(8-10-26-11-9-19)15-4-2-3-5-16(15)20;/h2-5,14H,6-13H2,1H3,(H,22,25)(H2,21,23,24);1H. The molecule has 0 bridgehead atoms. The summed E-state index contributed by atoms with van der Waals surface area (Å²) in [6.07, 6.45) is 3.20. The first-order valence-corrected chi connectivity index (χ1v) is 9.57. The van der Waals surface area contributed by atoms with Crippen LogP contribution < -0.4 is 16.0 Å². The van der Waals surface area contributed by atoms with Crippen LogP contribution in [0, 0.1) is 0 Å². The SMILES string of the molecule is CN=C(NCC1(c2ccccc2Cl)CCOCC1)NC1CCC(=O)NC1.I. The van der Waals surface area contributed by atoms with Gasteiger partial charge in [-0.15, -0.1) is 24.0 Å². The summed E-state index contributed by atoms with van der Waals surface area (Å²) in [7, 11) is 1.77. The summed E-state index contributed by atoms with van der Waals surface area (Å²) >= 11 is 6.51. The predicted molar refractivity (Wildman–Crippen MR) is 119 cm³/mol. The number of nitrogens with one attached hydrogen (secondary N) is 3. The molecule has 1 aromatic rings. The lowest BCUT2D eigenvalue weighted by atomic mass is 9.74. The fraction of sp³-hybridized carbons (Fsp3) is 0.579. The fourth-order valence-corrected chi connectivity index (χ4v) is 4.03. The van der Waals surface area contributed by atoms with E-state index in [1.165, 1.54) is 0 Å². The molecule has 1 aromatic carbocycles. The van der Waals surface area contributed by atoms with Crippen LogP contribution in [0.3, 0.4) is 0 Å². The molecule has 6 nitrogen and oxygen atoms in total. The quantitative estimate of drug-likeness (QED) is 0.333. The average molecular weight is 507 g/mol. The molecule has 3 rings (SSSR count). The minimum Gasteiger partial charge on any atom is -0.381 e. The lowest BCUT2D eigenvalue weighted by Gasteiger charge is -2.39. The second kappa shape index (κ2) is 10.5. The molecule has 0 aliphatic carbocycles. The van der Waals surface area contributed by atoms with Crippen LogP contribution in [0.1, 0.15) is 31.2 Å². The minimum atomic E-state index is -0.0744. The van der Waals surface area contributed by atoms with Gasteiger partial charge in [-0.3, -0.25) is 9.79 Å². The monoisotopic (exact) mass is 506 g/mol. The van der Waals surface area contributed by atoms with Crippen LogP contribution in [0.5, 0.6) is 0 Å². The number of nitrogens with zero attached hydrogens (tertiary/aromatic N) is 1. The largest absolute Gasteiger partial charge is 0.381 e. The van der Waals surface area contributed by atoms with Crippen molar-refractivity contribution in [3.63, 3.8) is 0 Å². The number of hydrogen-bond donors (Lipinski definition) is 3. The first-order chi connectivity index (χ1) is 12.6. The van der Waals surface area contributed by atoms with Crippen molar-refractivity contribution in [2.24, 2.45) is 4.99 Å². The Hall–Kier alpha value is -1.06. The lowest BCUT2D eigenvalue weighted by molar-refractivity contribution is -0.122. The maximum absolute atomic E-state index is 11.3. The van der Waals surface area contributed by atoms with Crippen molar-refractivity contribution >= 4 is 47.4 Å². The number of benzene rings is 1. The molecular formula is C19H28ClIN4O2. The van der Waals surface area contributed by atoms with Gasteiger partial charge in [0.05, 0.1) is 0 Å². The van der Waals surface area contributed by atoms with Crippen LogP contribution >= 0.6 is 35.6 Å². The Morgan fingerprint density at radius 3 is 2.74 bits per heavy atom. The molecule has 27 heavy (non-hydrogen) atoms. The van der Waals surface area contributed by atoms with Crippen molar-refractivity contribution in [3.05, 3.63) is 34.9 Å². The van der Waals surface area contributed by atoms with Crippen molar-refractivity contribution in [1.82, 2.24) is 16.0 Å². The highest BCUT2D eigenvalue weighted by atomic mass is 127. The molecule has 1 amide bonds. The predicted octanol–water partition coefficient (Wildman–Crippen LogP) is 2.45. The molecule has 0 radical (unpaired) electrons. The second-order valence-corrected chi connectivity index (χ2v) is 7.39. The normalized spacial score (nSPS) is 22.4. The van der Waals surface area contributed by atoms with Crippen LogP contribution in [-0.4, -0.2) is 51.3 Å². The molecule has 8 heteroatoms. The number of carbonyl (C=O) groups excluding carboxylic acids is 1. The highest BCUT2D eigenvalue weighted by molar-refractivity contribution is 14.0.